The molecule has 0 spiro atoms. The second kappa shape index (κ2) is 9.23. The van der Waals surface area contributed by atoms with Crippen LogP contribution < -0.4 is 14.9 Å². The van der Waals surface area contributed by atoms with E-state index in [0.29, 0.717) is 17.0 Å². The van der Waals surface area contributed by atoms with Crippen molar-refractivity contribution in [2.75, 3.05) is 11.8 Å². The van der Waals surface area contributed by atoms with Gasteiger partial charge in [0.05, 0.1) is 18.2 Å². The van der Waals surface area contributed by atoms with Gasteiger partial charge in [-0.2, -0.15) is 5.10 Å². The highest BCUT2D eigenvalue weighted by Gasteiger charge is 2.14. The minimum absolute atomic E-state index is 0.168. The number of nitrogens with zero attached hydrogens (tertiary/aromatic N) is 1. The standard InChI is InChI=1S/C22H21N3O4S/c1-16-6-12-21(13-7-16)30(27,28)25-19-10-8-18(9-11-19)22(26)24-23-15-17-4-3-5-20(14-17)29-2/h3-15,25H,1-2H3,(H,24,26)/b23-15+. The second-order valence-electron chi connectivity index (χ2n) is 6.47. The van der Waals surface area contributed by atoms with Crippen LogP contribution in [0.2, 0.25) is 0 Å². The number of nitrogens with one attached hydrogen (secondary N) is 2. The highest BCUT2D eigenvalue weighted by molar-refractivity contribution is 7.92. The number of hydrazone groups is 1. The van der Waals surface area contributed by atoms with Gasteiger partial charge in [0.15, 0.2) is 0 Å². The van der Waals surface area contributed by atoms with Gasteiger partial charge in [0.1, 0.15) is 5.75 Å². The fourth-order valence-electron chi connectivity index (χ4n) is 2.57. The number of sulfonamides is 1. The third-order valence-electron chi connectivity index (χ3n) is 4.20. The maximum Gasteiger partial charge on any atom is 0.271 e. The van der Waals surface area contributed by atoms with Crippen LogP contribution in [0.1, 0.15) is 21.5 Å². The normalized spacial score (nSPS) is 11.3. The number of benzene rings is 3. The van der Waals surface area contributed by atoms with E-state index in [-0.39, 0.29) is 4.90 Å². The van der Waals surface area contributed by atoms with Crippen LogP contribution in [-0.2, 0) is 10.0 Å². The van der Waals surface area contributed by atoms with Crippen LogP contribution in [0, 0.1) is 6.92 Å². The summed E-state index contributed by atoms with van der Waals surface area (Å²) in [6.45, 7) is 1.88. The zero-order chi connectivity index (χ0) is 21.6. The first-order valence-electron chi connectivity index (χ1n) is 9.04. The molecule has 0 unspecified atom stereocenters. The molecule has 1 amide bonds. The van der Waals surface area contributed by atoms with Gasteiger partial charge in [-0.15, -0.1) is 0 Å². The Kier molecular flexibility index (Phi) is 6.48. The van der Waals surface area contributed by atoms with Crippen LogP contribution in [-0.4, -0.2) is 27.6 Å². The van der Waals surface area contributed by atoms with E-state index >= 15 is 0 Å². The highest BCUT2D eigenvalue weighted by Crippen LogP contribution is 2.17. The molecule has 0 bridgehead atoms. The van der Waals surface area contributed by atoms with Crippen LogP contribution in [0.15, 0.2) is 82.8 Å². The summed E-state index contributed by atoms with van der Waals surface area (Å²) in [6.07, 6.45) is 1.50. The Balaban J connectivity index is 1.62. The number of aryl methyl sites for hydroxylation is 1. The van der Waals surface area contributed by atoms with Crippen LogP contribution in [0.25, 0.3) is 0 Å². The summed E-state index contributed by atoms with van der Waals surface area (Å²) in [5.74, 6) is 0.274. The Morgan fingerprint density at radius 3 is 2.37 bits per heavy atom. The molecule has 3 aromatic carbocycles. The molecule has 3 aromatic rings. The quantitative estimate of drug-likeness (QED) is 0.448. The summed E-state index contributed by atoms with van der Waals surface area (Å²) in [5, 5.41) is 3.93. The van der Waals surface area contributed by atoms with E-state index in [1.807, 2.05) is 25.1 Å². The summed E-state index contributed by atoms with van der Waals surface area (Å²) in [7, 11) is -2.13. The molecule has 0 atom stereocenters. The summed E-state index contributed by atoms with van der Waals surface area (Å²) in [6, 6.07) is 19.9. The van der Waals surface area contributed by atoms with Gasteiger partial charge in [0, 0.05) is 11.3 Å². The molecule has 0 aliphatic rings. The molecule has 8 heteroatoms. The van der Waals surface area contributed by atoms with Crippen molar-refractivity contribution >= 4 is 27.8 Å². The minimum atomic E-state index is -3.70. The van der Waals surface area contributed by atoms with Gasteiger partial charge in [-0.3, -0.25) is 9.52 Å². The summed E-state index contributed by atoms with van der Waals surface area (Å²) < 4.78 is 32.5. The minimum Gasteiger partial charge on any atom is -0.497 e. The third-order valence-corrected chi connectivity index (χ3v) is 5.60. The number of anilines is 1. The molecule has 30 heavy (non-hydrogen) atoms. The van der Waals surface area contributed by atoms with Gasteiger partial charge in [-0.1, -0.05) is 29.8 Å². The predicted octanol–water partition coefficient (Wildman–Crippen LogP) is 3.57. The molecule has 0 aliphatic heterocycles. The number of ether oxygens (including phenoxy) is 1. The number of rotatable bonds is 7. The lowest BCUT2D eigenvalue weighted by atomic mass is 10.2. The van der Waals surface area contributed by atoms with E-state index in [2.05, 4.69) is 15.2 Å². The number of amides is 1. The largest absolute Gasteiger partial charge is 0.497 e. The SMILES string of the molecule is COc1cccc(/C=N/NC(=O)c2ccc(NS(=O)(=O)c3ccc(C)cc3)cc2)c1. The fraction of sp³-hybridized carbons (Fsp3) is 0.0909. The molecule has 0 radical (unpaired) electrons. The van der Waals surface area contributed by atoms with Gasteiger partial charge in [-0.05, 0) is 61.0 Å². The van der Waals surface area contributed by atoms with Crippen molar-refractivity contribution in [3.63, 3.8) is 0 Å². The van der Waals surface area contributed by atoms with Crippen molar-refractivity contribution in [1.29, 1.82) is 0 Å². The lowest BCUT2D eigenvalue weighted by molar-refractivity contribution is 0.0955. The van der Waals surface area contributed by atoms with Crippen molar-refractivity contribution in [2.24, 2.45) is 5.10 Å². The maximum atomic E-state index is 12.4. The molecule has 154 valence electrons. The highest BCUT2D eigenvalue weighted by atomic mass is 32.2. The first-order valence-corrected chi connectivity index (χ1v) is 10.5. The molecule has 3 rings (SSSR count). The molecular formula is C22H21N3O4S. The Morgan fingerprint density at radius 1 is 1.00 bits per heavy atom. The average Bonchev–Trinajstić information content (AvgIpc) is 2.74. The smallest absolute Gasteiger partial charge is 0.271 e. The first kappa shape index (κ1) is 21.1. The third kappa shape index (κ3) is 5.45. The Hall–Kier alpha value is -3.65. The van der Waals surface area contributed by atoms with Crippen LogP contribution in [0.4, 0.5) is 5.69 Å². The van der Waals surface area contributed by atoms with E-state index in [9.17, 15) is 13.2 Å². The molecule has 7 nitrogen and oxygen atoms in total. The van der Waals surface area contributed by atoms with Gasteiger partial charge in [0.25, 0.3) is 15.9 Å². The van der Waals surface area contributed by atoms with Crippen LogP contribution in [0.5, 0.6) is 5.75 Å². The van der Waals surface area contributed by atoms with E-state index in [1.165, 1.54) is 30.5 Å². The summed E-state index contributed by atoms with van der Waals surface area (Å²) in [4.78, 5) is 12.4. The molecule has 0 saturated heterocycles. The van der Waals surface area contributed by atoms with Gasteiger partial charge >= 0.3 is 0 Å². The van der Waals surface area contributed by atoms with Crippen LogP contribution in [0.3, 0.4) is 0 Å². The van der Waals surface area contributed by atoms with Gasteiger partial charge < -0.3 is 4.74 Å². The number of hydrogen-bond donors (Lipinski definition) is 2. The maximum absolute atomic E-state index is 12.4. The van der Waals surface area contributed by atoms with E-state index in [1.54, 1.807) is 37.4 Å². The summed E-state index contributed by atoms with van der Waals surface area (Å²) in [5.41, 5.74) is 4.88. The van der Waals surface area contributed by atoms with Crippen molar-refractivity contribution in [3.8, 4) is 5.75 Å². The topological polar surface area (TPSA) is 96.9 Å². The lowest BCUT2D eigenvalue weighted by Gasteiger charge is -2.09. The predicted molar refractivity (Wildman–Crippen MR) is 116 cm³/mol. The van der Waals surface area contributed by atoms with Crippen molar-refractivity contribution < 1.29 is 17.9 Å². The lowest BCUT2D eigenvalue weighted by Crippen LogP contribution is -2.18. The van der Waals surface area contributed by atoms with E-state index in [0.717, 1.165) is 11.1 Å². The molecule has 0 aromatic heterocycles. The van der Waals surface area contributed by atoms with Crippen molar-refractivity contribution in [1.82, 2.24) is 5.43 Å². The summed E-state index contributed by atoms with van der Waals surface area (Å²) >= 11 is 0. The fourth-order valence-corrected chi connectivity index (χ4v) is 3.63. The molecular weight excluding hydrogens is 402 g/mol. The Morgan fingerprint density at radius 2 is 1.70 bits per heavy atom. The molecule has 0 fully saturated rings. The van der Waals surface area contributed by atoms with Gasteiger partial charge in [-0.25, -0.2) is 13.8 Å². The number of carbonyl (C=O) groups excluding carboxylic acids is 1. The second-order valence-corrected chi connectivity index (χ2v) is 8.15. The van der Waals surface area contributed by atoms with Crippen LogP contribution >= 0.6 is 0 Å². The molecule has 0 saturated carbocycles. The van der Waals surface area contributed by atoms with E-state index in [4.69, 9.17) is 4.74 Å². The number of methoxy groups -OCH3 is 1. The number of hydrogen-bond acceptors (Lipinski definition) is 5. The monoisotopic (exact) mass is 423 g/mol. The Bertz CT molecular complexity index is 1160. The molecule has 2 N–H and O–H groups in total. The number of carbonyl (C=O) groups is 1. The Labute approximate surface area is 175 Å². The zero-order valence-electron chi connectivity index (χ0n) is 16.5. The van der Waals surface area contributed by atoms with Gasteiger partial charge in [0.2, 0.25) is 0 Å². The average molecular weight is 423 g/mol. The van der Waals surface area contributed by atoms with Crippen molar-refractivity contribution in [2.45, 2.75) is 11.8 Å². The zero-order valence-corrected chi connectivity index (χ0v) is 17.3. The van der Waals surface area contributed by atoms with Crippen molar-refractivity contribution in [3.05, 3.63) is 89.5 Å². The first-order chi connectivity index (χ1) is 14.4. The molecule has 0 aliphatic carbocycles. The molecule has 0 heterocycles. The van der Waals surface area contributed by atoms with E-state index < -0.39 is 15.9 Å².